The molecule has 0 spiro atoms. The molecule has 0 bridgehead atoms. The first-order valence-corrected chi connectivity index (χ1v) is 8.52. The molecule has 0 radical (unpaired) electrons. The lowest BCUT2D eigenvalue weighted by Crippen LogP contribution is -2.23. The van der Waals surface area contributed by atoms with Crippen LogP contribution in [0.15, 0.2) is 23.2 Å². The van der Waals surface area contributed by atoms with Crippen LogP contribution < -0.4 is 20.5 Å². The van der Waals surface area contributed by atoms with Gasteiger partial charge in [-0.25, -0.2) is 0 Å². The molecule has 1 aliphatic carbocycles. The first-order chi connectivity index (χ1) is 11.2. The summed E-state index contributed by atoms with van der Waals surface area (Å²) < 4.78 is 10.5. The molecule has 0 heterocycles. The number of rotatable bonds is 7. The molecule has 0 aromatic heterocycles. The summed E-state index contributed by atoms with van der Waals surface area (Å²) in [5.41, 5.74) is 6.75. The van der Waals surface area contributed by atoms with Gasteiger partial charge < -0.3 is 20.5 Å². The SMILES string of the molecule is COc1ccc(OC)c(NC(N)=NCCCC2CCCCC2)c1. The molecule has 0 saturated heterocycles. The van der Waals surface area contributed by atoms with Gasteiger partial charge in [0.25, 0.3) is 0 Å². The quantitative estimate of drug-likeness (QED) is 0.456. The molecule has 0 unspecified atom stereocenters. The lowest BCUT2D eigenvalue weighted by atomic mass is 9.86. The highest BCUT2D eigenvalue weighted by Gasteiger charge is 2.12. The first kappa shape index (κ1) is 17.4. The van der Waals surface area contributed by atoms with E-state index in [0.29, 0.717) is 11.7 Å². The fraction of sp³-hybridized carbons (Fsp3) is 0.611. The van der Waals surface area contributed by atoms with Crippen LogP contribution in [-0.2, 0) is 0 Å². The molecule has 1 aliphatic rings. The van der Waals surface area contributed by atoms with Crippen LogP contribution in [0.25, 0.3) is 0 Å². The third-order valence-corrected chi connectivity index (χ3v) is 4.45. The Bertz CT molecular complexity index is 511. The zero-order valence-electron chi connectivity index (χ0n) is 14.3. The largest absolute Gasteiger partial charge is 0.497 e. The van der Waals surface area contributed by atoms with Crippen LogP contribution in [0.4, 0.5) is 5.69 Å². The monoisotopic (exact) mass is 319 g/mol. The summed E-state index contributed by atoms with van der Waals surface area (Å²) >= 11 is 0. The molecule has 5 nitrogen and oxygen atoms in total. The number of guanidine groups is 1. The number of methoxy groups -OCH3 is 2. The van der Waals surface area contributed by atoms with Gasteiger partial charge in [-0.1, -0.05) is 32.1 Å². The molecule has 0 amide bonds. The van der Waals surface area contributed by atoms with Crippen LogP contribution >= 0.6 is 0 Å². The number of nitrogens with one attached hydrogen (secondary N) is 1. The van der Waals surface area contributed by atoms with E-state index in [2.05, 4.69) is 10.3 Å². The molecule has 1 fully saturated rings. The van der Waals surface area contributed by atoms with Crippen LogP contribution in [0.2, 0.25) is 0 Å². The van der Waals surface area contributed by atoms with Crippen LogP contribution in [0.1, 0.15) is 44.9 Å². The van der Waals surface area contributed by atoms with Gasteiger partial charge in [-0.15, -0.1) is 0 Å². The molecule has 3 N–H and O–H groups in total. The molecule has 0 aliphatic heterocycles. The number of hydrogen-bond acceptors (Lipinski definition) is 3. The fourth-order valence-corrected chi connectivity index (χ4v) is 3.14. The van der Waals surface area contributed by atoms with Crippen LogP contribution in [-0.4, -0.2) is 26.7 Å². The predicted octanol–water partition coefficient (Wildman–Crippen LogP) is 3.79. The van der Waals surface area contributed by atoms with Gasteiger partial charge in [0.15, 0.2) is 5.96 Å². The average molecular weight is 319 g/mol. The molecule has 2 rings (SSSR count). The second kappa shape index (κ2) is 9.28. The van der Waals surface area contributed by atoms with Crippen molar-refractivity contribution in [1.82, 2.24) is 0 Å². The number of benzene rings is 1. The minimum atomic E-state index is 0.417. The summed E-state index contributed by atoms with van der Waals surface area (Å²) in [5, 5.41) is 3.10. The van der Waals surface area contributed by atoms with E-state index in [4.69, 9.17) is 15.2 Å². The fourth-order valence-electron chi connectivity index (χ4n) is 3.14. The normalized spacial score (nSPS) is 16.2. The van der Waals surface area contributed by atoms with E-state index in [1.54, 1.807) is 14.2 Å². The Morgan fingerprint density at radius 3 is 2.70 bits per heavy atom. The number of aliphatic imine (C=N–C) groups is 1. The number of nitrogens with two attached hydrogens (primary N) is 1. The van der Waals surface area contributed by atoms with E-state index in [-0.39, 0.29) is 0 Å². The highest BCUT2D eigenvalue weighted by atomic mass is 16.5. The smallest absolute Gasteiger partial charge is 0.193 e. The van der Waals surface area contributed by atoms with Gasteiger partial charge in [0, 0.05) is 12.6 Å². The highest BCUT2D eigenvalue weighted by molar-refractivity contribution is 5.93. The molecular formula is C18H29N3O2. The molecule has 5 heteroatoms. The Kier molecular flexibility index (Phi) is 7.04. The summed E-state index contributed by atoms with van der Waals surface area (Å²) in [6, 6.07) is 5.54. The Hall–Kier alpha value is -1.91. The van der Waals surface area contributed by atoms with Gasteiger partial charge in [-0.3, -0.25) is 4.99 Å². The van der Waals surface area contributed by atoms with Crippen molar-refractivity contribution < 1.29 is 9.47 Å². The van der Waals surface area contributed by atoms with E-state index in [0.717, 1.165) is 30.3 Å². The molecular weight excluding hydrogens is 290 g/mol. The summed E-state index contributed by atoms with van der Waals surface area (Å²) in [6.45, 7) is 0.765. The Morgan fingerprint density at radius 2 is 2.00 bits per heavy atom. The van der Waals surface area contributed by atoms with Gasteiger partial charge in [-0.05, 0) is 30.9 Å². The highest BCUT2D eigenvalue weighted by Crippen LogP contribution is 2.29. The van der Waals surface area contributed by atoms with Crippen molar-refractivity contribution in [3.63, 3.8) is 0 Å². The Balaban J connectivity index is 1.81. The Labute approximate surface area is 139 Å². The molecule has 1 aromatic rings. The minimum Gasteiger partial charge on any atom is -0.497 e. The van der Waals surface area contributed by atoms with E-state index in [1.807, 2.05) is 18.2 Å². The summed E-state index contributed by atoms with van der Waals surface area (Å²) in [4.78, 5) is 4.42. The third-order valence-electron chi connectivity index (χ3n) is 4.45. The zero-order valence-corrected chi connectivity index (χ0v) is 14.3. The van der Waals surface area contributed by atoms with Crippen molar-refractivity contribution in [1.29, 1.82) is 0 Å². The first-order valence-electron chi connectivity index (χ1n) is 8.52. The van der Waals surface area contributed by atoms with Gasteiger partial charge in [0.2, 0.25) is 0 Å². The van der Waals surface area contributed by atoms with E-state index >= 15 is 0 Å². The molecule has 0 atom stereocenters. The maximum atomic E-state index is 5.98. The lowest BCUT2D eigenvalue weighted by molar-refractivity contribution is 0.334. The van der Waals surface area contributed by atoms with Crippen molar-refractivity contribution in [2.75, 3.05) is 26.1 Å². The van der Waals surface area contributed by atoms with Crippen LogP contribution in [0.3, 0.4) is 0 Å². The summed E-state index contributed by atoms with van der Waals surface area (Å²) in [7, 11) is 3.26. The van der Waals surface area contributed by atoms with Gasteiger partial charge in [0.05, 0.1) is 19.9 Å². The second-order valence-electron chi connectivity index (χ2n) is 6.10. The van der Waals surface area contributed by atoms with Crippen molar-refractivity contribution in [2.45, 2.75) is 44.9 Å². The molecule has 128 valence electrons. The predicted molar refractivity (Wildman–Crippen MR) is 95.5 cm³/mol. The number of nitrogens with zero attached hydrogens (tertiary/aromatic N) is 1. The van der Waals surface area contributed by atoms with Crippen LogP contribution in [0.5, 0.6) is 11.5 Å². The molecule has 1 saturated carbocycles. The summed E-state index contributed by atoms with van der Waals surface area (Å²) in [5.74, 6) is 2.77. The Morgan fingerprint density at radius 1 is 1.22 bits per heavy atom. The summed E-state index contributed by atoms with van der Waals surface area (Å²) in [6.07, 6.45) is 9.34. The third kappa shape index (κ3) is 5.66. The van der Waals surface area contributed by atoms with Gasteiger partial charge in [0.1, 0.15) is 11.5 Å². The maximum Gasteiger partial charge on any atom is 0.193 e. The standard InChI is InChI=1S/C18H29N3O2/c1-22-15-10-11-17(23-2)16(13-15)21-18(19)20-12-6-9-14-7-4-3-5-8-14/h10-11,13-14H,3-9,12H2,1-2H3,(H3,19,20,21). The van der Waals surface area contributed by atoms with Crippen LogP contribution in [0, 0.1) is 5.92 Å². The molecule has 1 aromatic carbocycles. The zero-order chi connectivity index (χ0) is 16.5. The van der Waals surface area contributed by atoms with Crippen molar-refractivity contribution in [3.05, 3.63) is 18.2 Å². The maximum absolute atomic E-state index is 5.98. The average Bonchev–Trinajstić information content (AvgIpc) is 2.59. The minimum absolute atomic E-state index is 0.417. The van der Waals surface area contributed by atoms with E-state index < -0.39 is 0 Å². The van der Waals surface area contributed by atoms with Crippen molar-refractivity contribution in [3.8, 4) is 11.5 Å². The van der Waals surface area contributed by atoms with E-state index in [9.17, 15) is 0 Å². The number of hydrogen-bond donors (Lipinski definition) is 2. The number of ether oxygens (including phenoxy) is 2. The van der Waals surface area contributed by atoms with Gasteiger partial charge >= 0.3 is 0 Å². The molecule has 23 heavy (non-hydrogen) atoms. The number of anilines is 1. The lowest BCUT2D eigenvalue weighted by Gasteiger charge is -2.20. The van der Waals surface area contributed by atoms with E-state index in [1.165, 1.54) is 38.5 Å². The second-order valence-corrected chi connectivity index (χ2v) is 6.10. The van der Waals surface area contributed by atoms with Crippen molar-refractivity contribution in [2.24, 2.45) is 16.6 Å². The topological polar surface area (TPSA) is 68.9 Å². The van der Waals surface area contributed by atoms with Gasteiger partial charge in [-0.2, -0.15) is 0 Å². The van der Waals surface area contributed by atoms with Crippen molar-refractivity contribution >= 4 is 11.6 Å².